The SMILES string of the molecule is CC1(C)CC(=O)C2=C(C1)Nc1ccccc1N(C(=S)Nc1ccccc1)[C@@H]2c1ccccc1Cl. The van der Waals surface area contributed by atoms with E-state index in [-0.39, 0.29) is 11.2 Å². The lowest BCUT2D eigenvalue weighted by Gasteiger charge is -2.38. The molecule has 0 spiro atoms. The van der Waals surface area contributed by atoms with Gasteiger partial charge in [0, 0.05) is 28.4 Å². The molecule has 0 bridgehead atoms. The van der Waals surface area contributed by atoms with Crippen molar-refractivity contribution in [3.05, 3.63) is 101 Å². The Hall–Kier alpha value is -3.15. The molecule has 3 aromatic carbocycles. The summed E-state index contributed by atoms with van der Waals surface area (Å²) in [5.74, 6) is 0.115. The van der Waals surface area contributed by atoms with Crippen molar-refractivity contribution in [3.63, 3.8) is 0 Å². The first kappa shape index (κ1) is 22.6. The van der Waals surface area contributed by atoms with E-state index in [0.717, 1.165) is 40.3 Å². The molecule has 0 saturated carbocycles. The number of para-hydroxylation sites is 3. The van der Waals surface area contributed by atoms with Gasteiger partial charge >= 0.3 is 0 Å². The highest BCUT2D eigenvalue weighted by atomic mass is 35.5. The maximum atomic E-state index is 13.7. The summed E-state index contributed by atoms with van der Waals surface area (Å²) in [5, 5.41) is 8.08. The van der Waals surface area contributed by atoms with E-state index in [2.05, 4.69) is 24.5 Å². The molecule has 0 unspecified atom stereocenters. The number of fused-ring (bicyclic) bond motifs is 1. The summed E-state index contributed by atoms with van der Waals surface area (Å²) in [6.07, 6.45) is 1.23. The molecule has 2 N–H and O–H groups in total. The van der Waals surface area contributed by atoms with E-state index in [1.165, 1.54) is 0 Å². The van der Waals surface area contributed by atoms with Crippen LogP contribution in [-0.2, 0) is 4.79 Å². The van der Waals surface area contributed by atoms with Crippen LogP contribution in [-0.4, -0.2) is 10.9 Å². The number of rotatable bonds is 2. The van der Waals surface area contributed by atoms with Gasteiger partial charge in [-0.1, -0.05) is 74.0 Å². The van der Waals surface area contributed by atoms with Gasteiger partial charge in [0.05, 0.1) is 17.4 Å². The summed E-state index contributed by atoms with van der Waals surface area (Å²) in [6.45, 7) is 4.27. The number of nitrogens with zero attached hydrogens (tertiary/aromatic N) is 1. The number of anilines is 3. The summed E-state index contributed by atoms with van der Waals surface area (Å²) in [4.78, 5) is 15.8. The Morgan fingerprint density at radius 2 is 1.68 bits per heavy atom. The Bertz CT molecular complexity index is 1300. The van der Waals surface area contributed by atoms with E-state index in [1.807, 2.05) is 83.8 Å². The van der Waals surface area contributed by atoms with Crippen LogP contribution in [0.15, 0.2) is 90.1 Å². The van der Waals surface area contributed by atoms with Gasteiger partial charge < -0.3 is 15.5 Å². The molecule has 0 saturated heterocycles. The van der Waals surface area contributed by atoms with Gasteiger partial charge in [0.1, 0.15) is 0 Å². The second kappa shape index (κ2) is 8.90. The minimum atomic E-state index is -0.466. The van der Waals surface area contributed by atoms with Crippen molar-refractivity contribution in [1.82, 2.24) is 0 Å². The molecule has 2 aliphatic rings. The summed E-state index contributed by atoms with van der Waals surface area (Å²) in [6, 6.07) is 25.1. The molecular weight excluding hydrogens is 462 g/mol. The number of halogens is 1. The largest absolute Gasteiger partial charge is 0.357 e. The van der Waals surface area contributed by atoms with Crippen molar-refractivity contribution in [2.45, 2.75) is 32.7 Å². The summed E-state index contributed by atoms with van der Waals surface area (Å²) < 4.78 is 0. The summed E-state index contributed by atoms with van der Waals surface area (Å²) in [7, 11) is 0. The average Bonchev–Trinajstić information content (AvgIpc) is 2.93. The predicted molar refractivity (Wildman–Crippen MR) is 144 cm³/mol. The number of ketones is 1. The Labute approximate surface area is 210 Å². The quantitative estimate of drug-likeness (QED) is 0.370. The van der Waals surface area contributed by atoms with Gasteiger partial charge in [-0.25, -0.2) is 0 Å². The molecule has 4 nitrogen and oxygen atoms in total. The van der Waals surface area contributed by atoms with Crippen LogP contribution >= 0.6 is 23.8 Å². The number of benzene rings is 3. The van der Waals surface area contributed by atoms with E-state index >= 15 is 0 Å². The molecule has 6 heteroatoms. The van der Waals surface area contributed by atoms with Crippen LogP contribution < -0.4 is 15.5 Å². The molecule has 1 aliphatic carbocycles. The fourth-order valence-corrected chi connectivity index (χ4v) is 5.47. The number of carbonyl (C=O) groups is 1. The van der Waals surface area contributed by atoms with Crippen molar-refractivity contribution >= 4 is 51.8 Å². The zero-order chi connectivity index (χ0) is 23.9. The molecule has 0 aromatic heterocycles. The maximum Gasteiger partial charge on any atom is 0.178 e. The minimum Gasteiger partial charge on any atom is -0.357 e. The van der Waals surface area contributed by atoms with E-state index in [9.17, 15) is 4.79 Å². The van der Waals surface area contributed by atoms with E-state index in [4.69, 9.17) is 23.8 Å². The molecule has 34 heavy (non-hydrogen) atoms. The van der Waals surface area contributed by atoms with Gasteiger partial charge in [-0.2, -0.15) is 0 Å². The topological polar surface area (TPSA) is 44.4 Å². The zero-order valence-corrected chi connectivity index (χ0v) is 20.7. The molecule has 3 aromatic rings. The van der Waals surface area contributed by atoms with Crippen LogP contribution in [0.4, 0.5) is 17.1 Å². The highest BCUT2D eigenvalue weighted by Gasteiger charge is 2.43. The number of Topliss-reactive ketones (excluding diaryl/α,β-unsaturated/α-hetero) is 1. The van der Waals surface area contributed by atoms with Crippen LogP contribution in [0.25, 0.3) is 0 Å². The number of allylic oxidation sites excluding steroid dienone is 1. The lowest BCUT2D eigenvalue weighted by Crippen LogP contribution is -2.41. The van der Waals surface area contributed by atoms with Crippen LogP contribution in [0.3, 0.4) is 0 Å². The molecular formula is C28H26ClN3OS. The summed E-state index contributed by atoms with van der Waals surface area (Å²) in [5.41, 5.74) is 5.05. The van der Waals surface area contributed by atoms with Crippen LogP contribution in [0, 0.1) is 5.41 Å². The minimum absolute atomic E-state index is 0.115. The standard InChI is InChI=1S/C28H26ClN3OS/c1-28(2)16-22-25(24(33)17-28)26(19-12-6-7-13-20(19)29)32(23-15-9-8-14-21(23)31-22)27(34)30-18-10-4-3-5-11-18/h3-15,26,31H,16-17H2,1-2H3,(H,30,34)/t26-/m1/s1. The molecule has 1 heterocycles. The Kier molecular flexibility index (Phi) is 5.92. The van der Waals surface area contributed by atoms with E-state index < -0.39 is 6.04 Å². The molecule has 0 fully saturated rings. The first-order valence-electron chi connectivity index (χ1n) is 11.4. The van der Waals surface area contributed by atoms with Gasteiger partial charge in [-0.15, -0.1) is 0 Å². The number of carbonyl (C=O) groups excluding carboxylic acids is 1. The number of hydrogen-bond donors (Lipinski definition) is 2. The smallest absolute Gasteiger partial charge is 0.178 e. The van der Waals surface area contributed by atoms with E-state index in [1.54, 1.807) is 0 Å². The van der Waals surface area contributed by atoms with Crippen LogP contribution in [0.5, 0.6) is 0 Å². The number of hydrogen-bond acceptors (Lipinski definition) is 3. The molecule has 1 aliphatic heterocycles. The number of nitrogens with one attached hydrogen (secondary N) is 2. The Morgan fingerprint density at radius 1 is 1.00 bits per heavy atom. The van der Waals surface area contributed by atoms with Crippen molar-refractivity contribution in [2.24, 2.45) is 5.41 Å². The second-order valence-electron chi connectivity index (χ2n) is 9.57. The first-order chi connectivity index (χ1) is 16.3. The molecule has 0 amide bonds. The highest BCUT2D eigenvalue weighted by Crippen LogP contribution is 2.49. The highest BCUT2D eigenvalue weighted by molar-refractivity contribution is 7.80. The lowest BCUT2D eigenvalue weighted by atomic mass is 9.73. The molecule has 172 valence electrons. The van der Waals surface area contributed by atoms with Crippen molar-refractivity contribution in [3.8, 4) is 0 Å². The number of thiocarbonyl (C=S) groups is 1. The van der Waals surface area contributed by atoms with Crippen molar-refractivity contribution in [1.29, 1.82) is 0 Å². The third-order valence-corrected chi connectivity index (χ3v) is 6.99. The fourth-order valence-electron chi connectivity index (χ4n) is 4.91. The average molecular weight is 488 g/mol. The normalized spacial score (nSPS) is 19.0. The predicted octanol–water partition coefficient (Wildman–Crippen LogP) is 7.35. The summed E-state index contributed by atoms with van der Waals surface area (Å²) >= 11 is 12.8. The molecule has 1 atom stereocenters. The third-order valence-electron chi connectivity index (χ3n) is 6.34. The van der Waals surface area contributed by atoms with Crippen molar-refractivity contribution < 1.29 is 4.79 Å². The second-order valence-corrected chi connectivity index (χ2v) is 10.4. The zero-order valence-electron chi connectivity index (χ0n) is 19.1. The van der Waals surface area contributed by atoms with Gasteiger partial charge in [-0.05, 0) is 59.9 Å². The Balaban J connectivity index is 1.74. The van der Waals surface area contributed by atoms with Gasteiger partial charge in [0.25, 0.3) is 0 Å². The van der Waals surface area contributed by atoms with Gasteiger partial charge in [0.15, 0.2) is 10.9 Å². The molecule has 0 radical (unpaired) electrons. The van der Waals surface area contributed by atoms with Crippen LogP contribution in [0.1, 0.15) is 38.3 Å². The fraction of sp³-hybridized carbons (Fsp3) is 0.214. The third kappa shape index (κ3) is 4.22. The maximum absolute atomic E-state index is 13.7. The molecule has 5 rings (SSSR count). The van der Waals surface area contributed by atoms with Crippen molar-refractivity contribution in [2.75, 3.05) is 15.5 Å². The van der Waals surface area contributed by atoms with Crippen LogP contribution in [0.2, 0.25) is 5.02 Å². The van der Waals surface area contributed by atoms with Gasteiger partial charge in [-0.3, -0.25) is 4.79 Å². The van der Waals surface area contributed by atoms with Gasteiger partial charge in [0.2, 0.25) is 0 Å². The monoisotopic (exact) mass is 487 g/mol. The van der Waals surface area contributed by atoms with E-state index in [0.29, 0.717) is 16.6 Å². The lowest BCUT2D eigenvalue weighted by molar-refractivity contribution is -0.118. The Morgan fingerprint density at radius 3 is 2.44 bits per heavy atom. The first-order valence-corrected chi connectivity index (χ1v) is 12.1.